The Morgan fingerprint density at radius 3 is 2.14 bits per heavy atom. The molecule has 1 aromatic rings. The topological polar surface area (TPSA) is 15.3 Å². The largest absolute Gasteiger partial charge is 0.309 e. The van der Waals surface area contributed by atoms with Crippen LogP contribution in [0.1, 0.15) is 44.2 Å². The first-order chi connectivity index (χ1) is 10.4. The second kappa shape index (κ2) is 7.47. The molecular weight excluding hydrogens is 289 g/mol. The molecule has 0 radical (unpaired) electrons. The molecular formula is C17H25F3N2. The van der Waals surface area contributed by atoms with E-state index in [-0.39, 0.29) is 6.04 Å². The number of nitrogens with one attached hydrogen (secondary N) is 1. The van der Waals surface area contributed by atoms with E-state index < -0.39 is 17.5 Å². The molecule has 0 bridgehead atoms. The molecule has 1 fully saturated rings. The molecule has 2 rings (SSSR count). The van der Waals surface area contributed by atoms with Gasteiger partial charge in [-0.15, -0.1) is 0 Å². The van der Waals surface area contributed by atoms with Gasteiger partial charge in [-0.3, -0.25) is 0 Å². The van der Waals surface area contributed by atoms with Crippen LogP contribution in [-0.4, -0.2) is 31.6 Å². The van der Waals surface area contributed by atoms with E-state index in [1.807, 2.05) is 6.92 Å². The van der Waals surface area contributed by atoms with Gasteiger partial charge in [0.2, 0.25) is 0 Å². The Bertz CT molecular complexity index is 474. The summed E-state index contributed by atoms with van der Waals surface area (Å²) in [7, 11) is 4.17. The Labute approximate surface area is 130 Å². The normalized spacial score (nSPS) is 23.8. The fourth-order valence-corrected chi connectivity index (χ4v) is 3.30. The summed E-state index contributed by atoms with van der Waals surface area (Å²) in [6.45, 7) is 2.97. The quantitative estimate of drug-likeness (QED) is 0.830. The molecule has 0 unspecified atom stereocenters. The second-order valence-electron chi connectivity index (χ2n) is 6.67. The molecule has 2 nitrogen and oxygen atoms in total. The number of nitrogens with zero attached hydrogens (tertiary/aromatic N) is 1. The number of rotatable bonds is 5. The van der Waals surface area contributed by atoms with Gasteiger partial charge in [0.15, 0.2) is 17.5 Å². The van der Waals surface area contributed by atoms with Crippen molar-refractivity contribution in [3.8, 4) is 0 Å². The van der Waals surface area contributed by atoms with E-state index in [2.05, 4.69) is 24.3 Å². The fourth-order valence-electron chi connectivity index (χ4n) is 3.30. The maximum Gasteiger partial charge on any atom is 0.194 e. The molecule has 1 aliphatic rings. The zero-order valence-corrected chi connectivity index (χ0v) is 13.5. The smallest absolute Gasteiger partial charge is 0.194 e. The van der Waals surface area contributed by atoms with Gasteiger partial charge >= 0.3 is 0 Å². The predicted octanol–water partition coefficient (Wildman–Crippen LogP) is 3.87. The molecule has 1 aliphatic carbocycles. The van der Waals surface area contributed by atoms with Crippen LogP contribution < -0.4 is 5.32 Å². The molecule has 22 heavy (non-hydrogen) atoms. The van der Waals surface area contributed by atoms with Gasteiger partial charge < -0.3 is 10.2 Å². The van der Waals surface area contributed by atoms with Crippen LogP contribution in [0.5, 0.6) is 0 Å². The molecule has 0 spiro atoms. The summed E-state index contributed by atoms with van der Waals surface area (Å²) in [5, 5.41) is 3.41. The van der Waals surface area contributed by atoms with Crippen molar-refractivity contribution < 1.29 is 13.2 Å². The van der Waals surface area contributed by atoms with Crippen LogP contribution in [-0.2, 0) is 0 Å². The van der Waals surface area contributed by atoms with Crippen LogP contribution in [0, 0.1) is 23.4 Å². The van der Waals surface area contributed by atoms with Crippen LogP contribution >= 0.6 is 0 Å². The lowest BCUT2D eigenvalue weighted by Crippen LogP contribution is -2.37. The van der Waals surface area contributed by atoms with Crippen LogP contribution in [0.15, 0.2) is 12.1 Å². The average Bonchev–Trinajstić information content (AvgIpc) is 2.45. The third kappa shape index (κ3) is 4.46. The molecule has 0 heterocycles. The number of benzene rings is 1. The molecule has 1 aromatic carbocycles. The Kier molecular flexibility index (Phi) is 5.87. The molecule has 5 heteroatoms. The Morgan fingerprint density at radius 2 is 1.64 bits per heavy atom. The summed E-state index contributed by atoms with van der Waals surface area (Å²) in [5.41, 5.74) is 0.451. The molecule has 0 amide bonds. The fraction of sp³-hybridized carbons (Fsp3) is 0.647. The summed E-state index contributed by atoms with van der Waals surface area (Å²) in [5.74, 6) is -2.93. The van der Waals surface area contributed by atoms with E-state index in [9.17, 15) is 13.2 Å². The molecule has 0 aliphatic heterocycles. The van der Waals surface area contributed by atoms with Crippen molar-refractivity contribution in [1.29, 1.82) is 0 Å². The molecule has 124 valence electrons. The monoisotopic (exact) mass is 314 g/mol. The van der Waals surface area contributed by atoms with Crippen LogP contribution in [0.3, 0.4) is 0 Å². The summed E-state index contributed by atoms with van der Waals surface area (Å²) < 4.78 is 39.6. The standard InChI is InChI=1S/C17H25F3N2/c1-11(13-8-15(18)17(20)16(19)9-13)21-14-6-4-12(5-7-14)10-22(2)3/h8-9,11-12,14,21H,4-7,10H2,1-3H3/t11-,12?,14?/m0/s1. The molecule has 0 aromatic heterocycles. The molecule has 0 saturated heterocycles. The van der Waals surface area contributed by atoms with E-state index in [1.54, 1.807) is 0 Å². The summed E-state index contributed by atoms with van der Waals surface area (Å²) in [6, 6.07) is 2.31. The van der Waals surface area contributed by atoms with E-state index in [4.69, 9.17) is 0 Å². The number of hydrogen-bond acceptors (Lipinski definition) is 2. The van der Waals surface area contributed by atoms with Gasteiger partial charge in [-0.25, -0.2) is 13.2 Å². The minimum Gasteiger partial charge on any atom is -0.309 e. The average molecular weight is 314 g/mol. The molecule has 1 atom stereocenters. The SMILES string of the molecule is C[C@H](NC1CCC(CN(C)C)CC1)c1cc(F)c(F)c(F)c1. The number of halogens is 3. The van der Waals surface area contributed by atoms with Gasteiger partial charge in [0.05, 0.1) is 0 Å². The van der Waals surface area contributed by atoms with E-state index in [0.717, 1.165) is 50.3 Å². The third-order valence-corrected chi connectivity index (χ3v) is 4.46. The predicted molar refractivity (Wildman–Crippen MR) is 82.2 cm³/mol. The zero-order chi connectivity index (χ0) is 16.3. The van der Waals surface area contributed by atoms with Crippen molar-refractivity contribution in [2.75, 3.05) is 20.6 Å². The Hall–Kier alpha value is -1.07. The van der Waals surface area contributed by atoms with Crippen molar-refractivity contribution in [1.82, 2.24) is 10.2 Å². The van der Waals surface area contributed by atoms with Crippen molar-refractivity contribution in [2.24, 2.45) is 5.92 Å². The third-order valence-electron chi connectivity index (χ3n) is 4.46. The van der Waals surface area contributed by atoms with Gasteiger partial charge in [-0.1, -0.05) is 0 Å². The van der Waals surface area contributed by atoms with E-state index >= 15 is 0 Å². The Balaban J connectivity index is 1.89. The van der Waals surface area contributed by atoms with Crippen LogP contribution in [0.25, 0.3) is 0 Å². The van der Waals surface area contributed by atoms with E-state index in [0.29, 0.717) is 11.6 Å². The first kappa shape index (κ1) is 17.3. The highest BCUT2D eigenvalue weighted by Gasteiger charge is 2.23. The van der Waals surface area contributed by atoms with Gasteiger partial charge in [0, 0.05) is 18.6 Å². The summed E-state index contributed by atoms with van der Waals surface area (Å²) >= 11 is 0. The van der Waals surface area contributed by atoms with Gasteiger partial charge in [-0.2, -0.15) is 0 Å². The lowest BCUT2D eigenvalue weighted by Gasteiger charge is -2.32. The molecule has 1 N–H and O–H groups in total. The lowest BCUT2D eigenvalue weighted by molar-refractivity contribution is 0.228. The van der Waals surface area contributed by atoms with Crippen molar-refractivity contribution in [2.45, 2.75) is 44.7 Å². The van der Waals surface area contributed by atoms with E-state index in [1.165, 1.54) is 0 Å². The minimum atomic E-state index is -1.40. The minimum absolute atomic E-state index is 0.194. The van der Waals surface area contributed by atoms with Crippen molar-refractivity contribution >= 4 is 0 Å². The van der Waals surface area contributed by atoms with Gasteiger partial charge in [-0.05, 0) is 70.3 Å². The van der Waals surface area contributed by atoms with Crippen molar-refractivity contribution in [3.05, 3.63) is 35.1 Å². The first-order valence-corrected chi connectivity index (χ1v) is 7.92. The summed E-state index contributed by atoms with van der Waals surface area (Å²) in [4.78, 5) is 2.21. The highest BCUT2D eigenvalue weighted by atomic mass is 19.2. The Morgan fingerprint density at radius 1 is 1.09 bits per heavy atom. The van der Waals surface area contributed by atoms with Crippen LogP contribution in [0.2, 0.25) is 0 Å². The molecule has 1 saturated carbocycles. The van der Waals surface area contributed by atoms with Crippen molar-refractivity contribution in [3.63, 3.8) is 0 Å². The van der Waals surface area contributed by atoms with Crippen LogP contribution in [0.4, 0.5) is 13.2 Å². The summed E-state index contributed by atoms with van der Waals surface area (Å²) in [6.07, 6.45) is 4.45. The number of hydrogen-bond donors (Lipinski definition) is 1. The zero-order valence-electron chi connectivity index (χ0n) is 13.5. The highest BCUT2D eigenvalue weighted by molar-refractivity contribution is 5.22. The second-order valence-corrected chi connectivity index (χ2v) is 6.67. The van der Waals surface area contributed by atoms with Gasteiger partial charge in [0.1, 0.15) is 0 Å². The lowest BCUT2D eigenvalue weighted by atomic mass is 9.85. The highest BCUT2D eigenvalue weighted by Crippen LogP contribution is 2.27. The maximum atomic E-state index is 13.3. The first-order valence-electron chi connectivity index (χ1n) is 7.92. The maximum absolute atomic E-state index is 13.3. The van der Waals surface area contributed by atoms with Gasteiger partial charge in [0.25, 0.3) is 0 Å².